The van der Waals surface area contributed by atoms with Crippen molar-refractivity contribution < 1.29 is 4.74 Å². The molecule has 1 atom stereocenters. The molecule has 2 rings (SSSR count). The molecule has 1 aromatic heterocycles. The minimum atomic E-state index is 0.242. The first-order valence-corrected chi connectivity index (χ1v) is 3.71. The van der Waals surface area contributed by atoms with E-state index in [2.05, 4.69) is 10.3 Å². The summed E-state index contributed by atoms with van der Waals surface area (Å²) in [6.45, 7) is 2.90. The molecule has 1 aliphatic rings. The second kappa shape index (κ2) is 2.42. The average molecular weight is 150 g/mol. The molecule has 3 nitrogen and oxygen atoms in total. The van der Waals surface area contributed by atoms with Crippen LogP contribution < -0.4 is 10.1 Å². The highest BCUT2D eigenvalue weighted by Gasteiger charge is 2.13. The topological polar surface area (TPSA) is 34.2 Å². The maximum Gasteiger partial charge on any atom is 0.161 e. The molecule has 1 N–H and O–H groups in total. The number of nitrogens with one attached hydrogen (secondary N) is 1. The Kier molecular flexibility index (Phi) is 1.42. The number of aromatic nitrogens is 1. The van der Waals surface area contributed by atoms with Gasteiger partial charge in [0.05, 0.1) is 18.4 Å². The van der Waals surface area contributed by atoms with Crippen LogP contribution in [0.2, 0.25) is 0 Å². The van der Waals surface area contributed by atoms with Gasteiger partial charge in [-0.25, -0.2) is 0 Å². The molecule has 58 valence electrons. The molecule has 1 aliphatic heterocycles. The van der Waals surface area contributed by atoms with Crippen LogP contribution in [-0.4, -0.2) is 17.6 Å². The molecule has 11 heavy (non-hydrogen) atoms. The van der Waals surface area contributed by atoms with Gasteiger partial charge >= 0.3 is 0 Å². The number of nitrogens with zero attached hydrogens (tertiary/aromatic N) is 1. The van der Waals surface area contributed by atoms with Gasteiger partial charge in [-0.2, -0.15) is 0 Å². The number of ether oxygens (including phenoxy) is 1. The minimum absolute atomic E-state index is 0.242. The Labute approximate surface area is 65.4 Å². The smallest absolute Gasteiger partial charge is 0.161 e. The van der Waals surface area contributed by atoms with E-state index in [9.17, 15) is 0 Å². The number of fused-ring (bicyclic) bond motifs is 1. The molecule has 1 unspecified atom stereocenters. The molecule has 0 radical (unpaired) electrons. The normalized spacial score (nSPS) is 21.4. The summed E-state index contributed by atoms with van der Waals surface area (Å²) in [4.78, 5) is 3.97. The molecule has 0 saturated heterocycles. The third kappa shape index (κ3) is 1.13. The first-order valence-electron chi connectivity index (χ1n) is 3.71. The van der Waals surface area contributed by atoms with E-state index in [0.29, 0.717) is 0 Å². The highest BCUT2D eigenvalue weighted by Crippen LogP contribution is 2.26. The Hall–Kier alpha value is -1.25. The van der Waals surface area contributed by atoms with Gasteiger partial charge in [0.15, 0.2) is 5.75 Å². The summed E-state index contributed by atoms with van der Waals surface area (Å²) in [7, 11) is 0. The maximum atomic E-state index is 5.51. The second-order valence-electron chi connectivity index (χ2n) is 2.68. The largest absolute Gasteiger partial charge is 0.485 e. The zero-order chi connectivity index (χ0) is 7.68. The van der Waals surface area contributed by atoms with E-state index in [0.717, 1.165) is 18.0 Å². The fourth-order valence-electron chi connectivity index (χ4n) is 1.13. The van der Waals surface area contributed by atoms with Crippen molar-refractivity contribution in [1.29, 1.82) is 0 Å². The van der Waals surface area contributed by atoms with E-state index in [4.69, 9.17) is 4.74 Å². The van der Waals surface area contributed by atoms with Gasteiger partial charge in [0.1, 0.15) is 6.10 Å². The second-order valence-corrected chi connectivity index (χ2v) is 2.68. The summed E-state index contributed by atoms with van der Waals surface area (Å²) in [5.74, 6) is 0.853. The molecule has 2 heterocycles. The van der Waals surface area contributed by atoms with Crippen molar-refractivity contribution in [2.75, 3.05) is 11.9 Å². The van der Waals surface area contributed by atoms with Crippen molar-refractivity contribution in [3.63, 3.8) is 0 Å². The number of anilines is 1. The van der Waals surface area contributed by atoms with Gasteiger partial charge in [0.25, 0.3) is 0 Å². The molecular weight excluding hydrogens is 140 g/mol. The molecular formula is C8H10N2O. The summed E-state index contributed by atoms with van der Waals surface area (Å²) in [5, 5.41) is 3.25. The lowest BCUT2D eigenvalue weighted by atomic mass is 10.3. The Balaban J connectivity index is 2.34. The molecule has 0 aliphatic carbocycles. The first kappa shape index (κ1) is 6.46. The Morgan fingerprint density at radius 2 is 2.64 bits per heavy atom. The predicted octanol–water partition coefficient (Wildman–Crippen LogP) is 1.27. The Bertz CT molecular complexity index is 262. The predicted molar refractivity (Wildman–Crippen MR) is 42.8 cm³/mol. The zero-order valence-electron chi connectivity index (χ0n) is 6.37. The van der Waals surface area contributed by atoms with Crippen molar-refractivity contribution in [2.24, 2.45) is 0 Å². The Morgan fingerprint density at radius 1 is 1.73 bits per heavy atom. The van der Waals surface area contributed by atoms with Crippen LogP contribution in [0.25, 0.3) is 0 Å². The van der Waals surface area contributed by atoms with E-state index in [1.807, 2.05) is 13.0 Å². The molecule has 0 amide bonds. The van der Waals surface area contributed by atoms with Gasteiger partial charge < -0.3 is 10.1 Å². The molecule has 1 aromatic rings. The van der Waals surface area contributed by atoms with Crippen molar-refractivity contribution in [3.8, 4) is 5.75 Å². The Morgan fingerprint density at radius 3 is 3.55 bits per heavy atom. The molecule has 0 saturated carbocycles. The summed E-state index contributed by atoms with van der Waals surface area (Å²) >= 11 is 0. The van der Waals surface area contributed by atoms with Gasteiger partial charge in [-0.1, -0.05) is 0 Å². The summed E-state index contributed by atoms with van der Waals surface area (Å²) < 4.78 is 5.51. The van der Waals surface area contributed by atoms with Gasteiger partial charge in [-0.15, -0.1) is 0 Å². The van der Waals surface area contributed by atoms with Crippen molar-refractivity contribution in [3.05, 3.63) is 18.5 Å². The minimum Gasteiger partial charge on any atom is -0.485 e. The lowest BCUT2D eigenvalue weighted by Gasteiger charge is -2.23. The number of pyridine rings is 1. The van der Waals surface area contributed by atoms with Crippen LogP contribution in [0.1, 0.15) is 6.92 Å². The number of rotatable bonds is 0. The fraction of sp³-hybridized carbons (Fsp3) is 0.375. The quantitative estimate of drug-likeness (QED) is 0.604. The van der Waals surface area contributed by atoms with Crippen molar-refractivity contribution in [1.82, 2.24) is 4.98 Å². The van der Waals surface area contributed by atoms with Gasteiger partial charge in [0, 0.05) is 6.20 Å². The van der Waals surface area contributed by atoms with E-state index in [1.54, 1.807) is 12.4 Å². The van der Waals surface area contributed by atoms with Crippen LogP contribution in [-0.2, 0) is 0 Å². The van der Waals surface area contributed by atoms with E-state index in [1.165, 1.54) is 0 Å². The highest BCUT2D eigenvalue weighted by molar-refractivity contribution is 5.56. The van der Waals surface area contributed by atoms with E-state index >= 15 is 0 Å². The van der Waals surface area contributed by atoms with Crippen LogP contribution in [0.4, 0.5) is 5.69 Å². The molecule has 0 fully saturated rings. The molecule has 0 aromatic carbocycles. The fourth-order valence-corrected chi connectivity index (χ4v) is 1.13. The summed E-state index contributed by atoms with van der Waals surface area (Å²) in [6, 6.07) is 1.92. The van der Waals surface area contributed by atoms with Gasteiger partial charge in [0.2, 0.25) is 0 Å². The van der Waals surface area contributed by atoms with E-state index in [-0.39, 0.29) is 6.10 Å². The average Bonchev–Trinajstić information content (AvgIpc) is 2.04. The van der Waals surface area contributed by atoms with Crippen LogP contribution in [0.15, 0.2) is 18.5 Å². The molecule has 0 spiro atoms. The SMILES string of the molecule is CC1CNc2ccncc2O1. The zero-order valence-corrected chi connectivity index (χ0v) is 6.37. The lowest BCUT2D eigenvalue weighted by molar-refractivity contribution is 0.225. The summed E-state index contributed by atoms with van der Waals surface area (Å²) in [5.41, 5.74) is 1.04. The van der Waals surface area contributed by atoms with E-state index < -0.39 is 0 Å². The molecule has 3 heteroatoms. The highest BCUT2D eigenvalue weighted by atomic mass is 16.5. The van der Waals surface area contributed by atoms with Crippen LogP contribution in [0.3, 0.4) is 0 Å². The standard InChI is InChI=1S/C8H10N2O/c1-6-4-10-7-2-3-9-5-8(7)11-6/h2-3,5-6,10H,4H2,1H3. The summed E-state index contributed by atoms with van der Waals surface area (Å²) in [6.07, 6.45) is 3.73. The third-order valence-electron chi connectivity index (χ3n) is 1.69. The third-order valence-corrected chi connectivity index (χ3v) is 1.69. The monoisotopic (exact) mass is 150 g/mol. The maximum absolute atomic E-state index is 5.51. The van der Waals surface area contributed by atoms with Crippen LogP contribution in [0.5, 0.6) is 5.75 Å². The van der Waals surface area contributed by atoms with Crippen molar-refractivity contribution in [2.45, 2.75) is 13.0 Å². The van der Waals surface area contributed by atoms with Gasteiger partial charge in [-0.05, 0) is 13.0 Å². The molecule has 0 bridgehead atoms. The lowest BCUT2D eigenvalue weighted by Crippen LogP contribution is -2.27. The van der Waals surface area contributed by atoms with Crippen molar-refractivity contribution >= 4 is 5.69 Å². The number of hydrogen-bond acceptors (Lipinski definition) is 3. The van der Waals surface area contributed by atoms with Crippen LogP contribution >= 0.6 is 0 Å². The van der Waals surface area contributed by atoms with Gasteiger partial charge in [-0.3, -0.25) is 4.98 Å². The first-order chi connectivity index (χ1) is 5.36. The number of hydrogen-bond donors (Lipinski definition) is 1. The van der Waals surface area contributed by atoms with Crippen LogP contribution in [0, 0.1) is 0 Å².